The number of aromatic nitrogens is 5. The highest BCUT2D eigenvalue weighted by atomic mass is 16.5. The van der Waals surface area contributed by atoms with Crippen LogP contribution in [-0.4, -0.2) is 67.9 Å². The molecule has 0 radical (unpaired) electrons. The second kappa shape index (κ2) is 13.9. The average Bonchev–Trinajstić information content (AvgIpc) is 3.73. The molecule has 9 rings (SSSR count). The predicted octanol–water partition coefficient (Wildman–Crippen LogP) is 6.59. The van der Waals surface area contributed by atoms with Crippen LogP contribution in [0.25, 0.3) is 33.4 Å². The van der Waals surface area contributed by atoms with Crippen molar-refractivity contribution >= 4 is 17.0 Å². The Morgan fingerprint density at radius 1 is 0.885 bits per heavy atom. The molecule has 0 saturated carbocycles. The van der Waals surface area contributed by atoms with Crippen molar-refractivity contribution < 1.29 is 28.8 Å². The number of carboxylic acids is 1. The monoisotopic (exact) mass is 697 g/mol. The van der Waals surface area contributed by atoms with Crippen LogP contribution >= 0.6 is 0 Å². The summed E-state index contributed by atoms with van der Waals surface area (Å²) < 4.78 is 28.1. The molecule has 11 nitrogen and oxygen atoms in total. The number of benzene rings is 3. The van der Waals surface area contributed by atoms with Gasteiger partial charge in [-0.25, -0.2) is 14.8 Å². The number of imidazole rings is 1. The summed E-state index contributed by atoms with van der Waals surface area (Å²) in [5, 5.41) is 14.3. The predicted molar refractivity (Wildman–Crippen MR) is 194 cm³/mol. The summed E-state index contributed by atoms with van der Waals surface area (Å²) in [5.41, 5.74) is 9.02. The Balaban J connectivity index is 1.02. The van der Waals surface area contributed by atoms with Crippen LogP contribution in [0.3, 0.4) is 0 Å². The molecular formula is C41H39N5O6. The summed E-state index contributed by atoms with van der Waals surface area (Å²) >= 11 is 0. The molecule has 0 amide bonds. The Labute approximate surface area is 300 Å². The van der Waals surface area contributed by atoms with E-state index in [0.717, 1.165) is 102 Å². The van der Waals surface area contributed by atoms with Gasteiger partial charge in [0.2, 0.25) is 5.88 Å². The van der Waals surface area contributed by atoms with Crippen LogP contribution in [-0.2, 0) is 42.0 Å². The maximum Gasteiger partial charge on any atom is 0.335 e. The van der Waals surface area contributed by atoms with E-state index in [1.165, 1.54) is 5.56 Å². The van der Waals surface area contributed by atoms with Crippen molar-refractivity contribution in [3.63, 3.8) is 0 Å². The lowest BCUT2D eigenvalue weighted by molar-refractivity contribution is -0.0589. The number of nitrogens with zero attached hydrogens (tertiary/aromatic N) is 5. The van der Waals surface area contributed by atoms with E-state index < -0.39 is 5.97 Å². The summed E-state index contributed by atoms with van der Waals surface area (Å²) in [6.07, 6.45) is 7.21. The van der Waals surface area contributed by atoms with Crippen LogP contribution in [0.15, 0.2) is 85.2 Å². The summed E-state index contributed by atoms with van der Waals surface area (Å²) in [6.45, 7) is 4.74. The third-order valence-electron chi connectivity index (χ3n) is 10.2. The first-order valence-electron chi connectivity index (χ1n) is 17.9. The lowest BCUT2D eigenvalue weighted by atomic mass is 9.98. The van der Waals surface area contributed by atoms with E-state index in [4.69, 9.17) is 28.9 Å². The van der Waals surface area contributed by atoms with E-state index in [9.17, 15) is 9.90 Å². The fourth-order valence-electron chi connectivity index (χ4n) is 7.14. The van der Waals surface area contributed by atoms with Gasteiger partial charge in [-0.3, -0.25) is 4.68 Å². The number of hydrogen-bond donors (Lipinski definition) is 1. The molecule has 52 heavy (non-hydrogen) atoms. The van der Waals surface area contributed by atoms with Crippen molar-refractivity contribution in [2.45, 2.75) is 51.5 Å². The van der Waals surface area contributed by atoms with Crippen LogP contribution in [0.4, 0.5) is 0 Å². The molecule has 11 heteroatoms. The molecule has 3 aromatic heterocycles. The smallest absolute Gasteiger partial charge is 0.335 e. The molecule has 3 aliphatic heterocycles. The zero-order valence-electron chi connectivity index (χ0n) is 28.7. The maximum absolute atomic E-state index is 11.8. The van der Waals surface area contributed by atoms with Gasteiger partial charge in [-0.1, -0.05) is 36.4 Å². The van der Waals surface area contributed by atoms with Gasteiger partial charge in [0.15, 0.2) is 0 Å². The Bertz CT molecular complexity index is 2270. The van der Waals surface area contributed by atoms with Crippen LogP contribution < -0.4 is 9.47 Å². The SMILES string of the molecule is O=C(O)c1ccc2nc(Cc3ccc4cc3OCCCc3cc(-c5cnn(CC6COC6)c5)ccc3COc3cccc-4n3)n(C[C@@H]3CCO3)c2c1. The molecule has 0 spiro atoms. The van der Waals surface area contributed by atoms with E-state index >= 15 is 0 Å². The lowest BCUT2D eigenvalue weighted by Gasteiger charge is -2.27. The van der Waals surface area contributed by atoms with Gasteiger partial charge in [0.05, 0.1) is 61.0 Å². The number of rotatable bonds is 8. The molecule has 4 bridgehead atoms. The summed E-state index contributed by atoms with van der Waals surface area (Å²) in [4.78, 5) is 21.7. The number of hydrogen-bond acceptors (Lipinski definition) is 8. The van der Waals surface area contributed by atoms with Crippen molar-refractivity contribution in [2.24, 2.45) is 5.92 Å². The third kappa shape index (κ3) is 6.65. The van der Waals surface area contributed by atoms with Gasteiger partial charge < -0.3 is 28.6 Å². The number of aromatic carboxylic acids is 1. The molecule has 1 atom stereocenters. The second-order valence-corrected chi connectivity index (χ2v) is 13.9. The maximum atomic E-state index is 11.8. The minimum Gasteiger partial charge on any atom is -0.493 e. The minimum atomic E-state index is -0.963. The first-order chi connectivity index (χ1) is 25.5. The number of pyridine rings is 1. The lowest BCUT2D eigenvalue weighted by Crippen LogP contribution is -2.31. The number of aryl methyl sites for hydroxylation is 1. The van der Waals surface area contributed by atoms with Crippen LogP contribution in [0.5, 0.6) is 11.6 Å². The van der Waals surface area contributed by atoms with Gasteiger partial charge in [-0.2, -0.15) is 5.10 Å². The molecule has 264 valence electrons. The van der Waals surface area contributed by atoms with Crippen LogP contribution in [0, 0.1) is 5.92 Å². The molecule has 2 saturated heterocycles. The van der Waals surface area contributed by atoms with E-state index in [-0.39, 0.29) is 11.7 Å². The fraction of sp³-hybridized carbons (Fsp3) is 0.317. The number of carbonyl (C=O) groups is 1. The number of carboxylic acid groups (broad SMARTS) is 1. The van der Waals surface area contributed by atoms with E-state index in [0.29, 0.717) is 38.0 Å². The Kier molecular flexibility index (Phi) is 8.65. The van der Waals surface area contributed by atoms with Crippen molar-refractivity contribution in [3.05, 3.63) is 113 Å². The normalized spacial score (nSPS) is 17.3. The zero-order chi connectivity index (χ0) is 35.0. The van der Waals surface area contributed by atoms with Gasteiger partial charge >= 0.3 is 5.97 Å². The van der Waals surface area contributed by atoms with Gasteiger partial charge in [0.1, 0.15) is 18.2 Å². The van der Waals surface area contributed by atoms with E-state index in [2.05, 4.69) is 52.3 Å². The highest BCUT2D eigenvalue weighted by molar-refractivity contribution is 5.92. The summed E-state index contributed by atoms with van der Waals surface area (Å²) in [6, 6.07) is 23.7. The van der Waals surface area contributed by atoms with Crippen molar-refractivity contribution in [1.82, 2.24) is 24.3 Å². The summed E-state index contributed by atoms with van der Waals surface area (Å²) in [5.74, 6) is 1.73. The Morgan fingerprint density at radius 3 is 2.62 bits per heavy atom. The van der Waals surface area contributed by atoms with Crippen molar-refractivity contribution in [2.75, 3.05) is 26.4 Å². The molecule has 2 fully saturated rings. The zero-order valence-corrected chi connectivity index (χ0v) is 28.7. The topological polar surface area (TPSA) is 123 Å². The molecule has 1 N–H and O–H groups in total. The molecule has 6 heterocycles. The quantitative estimate of drug-likeness (QED) is 0.188. The Morgan fingerprint density at radius 2 is 1.79 bits per heavy atom. The molecule has 0 unspecified atom stereocenters. The van der Waals surface area contributed by atoms with Crippen LogP contribution in [0.1, 0.15) is 45.7 Å². The van der Waals surface area contributed by atoms with Gasteiger partial charge in [0.25, 0.3) is 0 Å². The van der Waals surface area contributed by atoms with Crippen molar-refractivity contribution in [3.8, 4) is 34.0 Å². The molecule has 6 aromatic rings. The molecule has 3 aromatic carbocycles. The fourth-order valence-corrected chi connectivity index (χ4v) is 7.14. The average molecular weight is 698 g/mol. The first-order valence-corrected chi connectivity index (χ1v) is 17.9. The van der Waals surface area contributed by atoms with Gasteiger partial charge in [-0.15, -0.1) is 0 Å². The van der Waals surface area contributed by atoms with Crippen LogP contribution in [0.2, 0.25) is 0 Å². The number of fused-ring (bicyclic) bond motifs is 7. The third-order valence-corrected chi connectivity index (χ3v) is 10.2. The van der Waals surface area contributed by atoms with Crippen molar-refractivity contribution in [1.29, 1.82) is 0 Å². The second-order valence-electron chi connectivity index (χ2n) is 13.9. The first kappa shape index (κ1) is 32.4. The largest absolute Gasteiger partial charge is 0.493 e. The molecule has 3 aliphatic rings. The highest BCUT2D eigenvalue weighted by Crippen LogP contribution is 2.32. The molecular weight excluding hydrogens is 658 g/mol. The summed E-state index contributed by atoms with van der Waals surface area (Å²) in [7, 11) is 0. The van der Waals surface area contributed by atoms with E-state index in [1.807, 2.05) is 29.1 Å². The van der Waals surface area contributed by atoms with Gasteiger partial charge in [0, 0.05) is 54.4 Å². The molecule has 0 aliphatic carbocycles. The standard InChI is InChI=1S/C41H39N5O6/c47-41(48)31-10-11-36-37(16-31)46(22-34-12-14-50-34)39(43-36)18-30-8-7-29-17-38(30)51-13-2-3-27-15-28(33-19-42-45(21-33)20-26-23-49-24-26)6-9-32(27)25-52-40-5-1-4-35(29)44-40/h1,4-11,15-17,19,21,26,34H,2-3,12-14,18,20,22-25H2,(H,47,48)/t34-/m0/s1. The van der Waals surface area contributed by atoms with Gasteiger partial charge in [-0.05, 0) is 66.3 Å². The Hall–Kier alpha value is -5.52. The highest BCUT2D eigenvalue weighted by Gasteiger charge is 2.24. The van der Waals surface area contributed by atoms with E-state index in [1.54, 1.807) is 18.2 Å². The number of ether oxygens (including phenoxy) is 4. The minimum absolute atomic E-state index is 0.0730.